The van der Waals surface area contributed by atoms with Crippen LogP contribution in [-0.4, -0.2) is 4.98 Å². The molecule has 0 spiro atoms. The van der Waals surface area contributed by atoms with Crippen LogP contribution in [0.15, 0.2) is 109 Å². The Morgan fingerprint density at radius 2 is 1.35 bits per heavy atom. The molecule has 1 N–H and O–H groups in total. The highest BCUT2D eigenvalue weighted by Crippen LogP contribution is 2.27. The minimum absolute atomic E-state index is 0.789. The predicted octanol–water partition coefficient (Wildman–Crippen LogP) is 7.49. The lowest BCUT2D eigenvalue weighted by atomic mass is 10.0. The van der Waals surface area contributed by atoms with Crippen LogP contribution in [0, 0.1) is 6.92 Å². The number of nitrogens with one attached hydrogen (secondary N) is 1. The molecule has 150 valence electrons. The Balaban J connectivity index is 1.30. The van der Waals surface area contributed by atoms with Crippen molar-refractivity contribution in [2.75, 3.05) is 5.32 Å². The van der Waals surface area contributed by atoms with E-state index in [1.807, 2.05) is 13.1 Å². The Labute approximate surface area is 183 Å². The van der Waals surface area contributed by atoms with Crippen molar-refractivity contribution in [1.82, 2.24) is 4.98 Å². The minimum atomic E-state index is 0.789. The molecule has 2 nitrogen and oxygen atoms in total. The van der Waals surface area contributed by atoms with Gasteiger partial charge in [0.1, 0.15) is 0 Å². The minimum Gasteiger partial charge on any atom is -0.381 e. The smallest absolute Gasteiger partial charge is 0.0400 e. The number of hydrogen-bond donors (Lipinski definition) is 1. The van der Waals surface area contributed by atoms with Crippen LogP contribution < -0.4 is 5.32 Å². The van der Waals surface area contributed by atoms with Crippen LogP contribution in [0.5, 0.6) is 0 Å². The van der Waals surface area contributed by atoms with Gasteiger partial charge in [0.2, 0.25) is 0 Å². The molecule has 0 saturated heterocycles. The monoisotopic (exact) mass is 400 g/mol. The summed E-state index contributed by atoms with van der Waals surface area (Å²) in [6.07, 6.45) is 1.86. The molecule has 2 heteroatoms. The second-order valence-electron chi connectivity index (χ2n) is 7.88. The van der Waals surface area contributed by atoms with Gasteiger partial charge in [0.05, 0.1) is 0 Å². The second kappa shape index (κ2) is 8.45. The first-order chi connectivity index (χ1) is 15.2. The summed E-state index contributed by atoms with van der Waals surface area (Å²) in [5, 5.41) is 6.10. The van der Waals surface area contributed by atoms with Crippen molar-refractivity contribution in [3.63, 3.8) is 0 Å². The van der Waals surface area contributed by atoms with E-state index in [1.165, 1.54) is 38.6 Å². The van der Waals surface area contributed by atoms with Crippen molar-refractivity contribution in [2.45, 2.75) is 13.5 Å². The highest BCUT2D eigenvalue weighted by atomic mass is 14.9. The van der Waals surface area contributed by atoms with Gasteiger partial charge in [-0.15, -0.1) is 0 Å². The van der Waals surface area contributed by atoms with E-state index in [9.17, 15) is 0 Å². The van der Waals surface area contributed by atoms with Crippen LogP contribution in [0.2, 0.25) is 0 Å². The summed E-state index contributed by atoms with van der Waals surface area (Å²) in [5.74, 6) is 0. The summed E-state index contributed by atoms with van der Waals surface area (Å²) in [7, 11) is 0. The molecule has 4 aromatic carbocycles. The van der Waals surface area contributed by atoms with Crippen molar-refractivity contribution in [3.8, 4) is 22.3 Å². The van der Waals surface area contributed by atoms with Gasteiger partial charge in [-0.2, -0.15) is 0 Å². The fourth-order valence-electron chi connectivity index (χ4n) is 3.92. The van der Waals surface area contributed by atoms with Gasteiger partial charge < -0.3 is 5.32 Å². The average Bonchev–Trinajstić information content (AvgIpc) is 2.83. The molecule has 0 aliphatic carbocycles. The lowest BCUT2D eigenvalue weighted by Gasteiger charge is -2.10. The first-order valence-electron chi connectivity index (χ1n) is 10.6. The number of hydrogen-bond acceptors (Lipinski definition) is 2. The standard InChI is InChI=1S/C29H24N2/c1-21-17-28(15-16-30-21)24-11-9-22(10-12-24)20-31-29-8-4-7-26(19-29)27-14-13-23-5-2-3-6-25(23)18-27/h2-19,31H,20H2,1H3. The summed E-state index contributed by atoms with van der Waals surface area (Å²) in [6.45, 7) is 2.81. The summed E-state index contributed by atoms with van der Waals surface area (Å²) in [5.41, 5.74) is 8.29. The van der Waals surface area contributed by atoms with E-state index in [1.54, 1.807) is 0 Å². The Bertz CT molecular complexity index is 1340. The Morgan fingerprint density at radius 1 is 0.613 bits per heavy atom. The Hall–Kier alpha value is -3.91. The van der Waals surface area contributed by atoms with Gasteiger partial charge in [0, 0.05) is 24.1 Å². The highest BCUT2D eigenvalue weighted by molar-refractivity contribution is 5.87. The third-order valence-corrected chi connectivity index (χ3v) is 5.63. The molecule has 5 aromatic rings. The van der Waals surface area contributed by atoms with Gasteiger partial charge in [-0.05, 0) is 75.8 Å². The van der Waals surface area contributed by atoms with Gasteiger partial charge in [-0.25, -0.2) is 0 Å². The second-order valence-corrected chi connectivity index (χ2v) is 7.88. The molecule has 0 aliphatic heterocycles. The largest absolute Gasteiger partial charge is 0.381 e. The number of fused-ring (bicyclic) bond motifs is 1. The van der Waals surface area contributed by atoms with E-state index in [-0.39, 0.29) is 0 Å². The topological polar surface area (TPSA) is 24.9 Å². The molecule has 0 fully saturated rings. The molecule has 31 heavy (non-hydrogen) atoms. The van der Waals surface area contributed by atoms with E-state index in [0.717, 1.165) is 17.9 Å². The van der Waals surface area contributed by atoms with Crippen molar-refractivity contribution >= 4 is 16.5 Å². The SMILES string of the molecule is Cc1cc(-c2ccc(CNc3cccc(-c4ccc5ccccc5c4)c3)cc2)ccn1. The maximum absolute atomic E-state index is 4.28. The molecule has 1 aromatic heterocycles. The number of nitrogens with zero attached hydrogens (tertiary/aromatic N) is 1. The summed E-state index contributed by atoms with van der Waals surface area (Å²) >= 11 is 0. The van der Waals surface area contributed by atoms with Crippen LogP contribution in [0.25, 0.3) is 33.0 Å². The number of anilines is 1. The van der Waals surface area contributed by atoms with Crippen molar-refractivity contribution in [3.05, 3.63) is 121 Å². The van der Waals surface area contributed by atoms with Crippen LogP contribution in [-0.2, 0) is 6.54 Å². The van der Waals surface area contributed by atoms with Crippen molar-refractivity contribution < 1.29 is 0 Å². The summed E-state index contributed by atoms with van der Waals surface area (Å²) in [4.78, 5) is 4.28. The zero-order valence-corrected chi connectivity index (χ0v) is 17.5. The summed E-state index contributed by atoms with van der Waals surface area (Å²) in [6, 6.07) is 36.7. The Morgan fingerprint density at radius 3 is 2.19 bits per heavy atom. The maximum atomic E-state index is 4.28. The van der Waals surface area contributed by atoms with Crippen LogP contribution in [0.3, 0.4) is 0 Å². The number of rotatable bonds is 5. The lowest BCUT2D eigenvalue weighted by Crippen LogP contribution is -1.99. The fraction of sp³-hybridized carbons (Fsp3) is 0.0690. The van der Waals surface area contributed by atoms with E-state index >= 15 is 0 Å². The summed E-state index contributed by atoms with van der Waals surface area (Å²) < 4.78 is 0. The van der Waals surface area contributed by atoms with E-state index in [0.29, 0.717) is 0 Å². The van der Waals surface area contributed by atoms with E-state index in [2.05, 4.69) is 113 Å². The van der Waals surface area contributed by atoms with Gasteiger partial charge in [-0.1, -0.05) is 72.8 Å². The molecular weight excluding hydrogens is 376 g/mol. The number of aromatic nitrogens is 1. The first-order valence-corrected chi connectivity index (χ1v) is 10.6. The molecule has 0 saturated carbocycles. The molecule has 0 radical (unpaired) electrons. The van der Waals surface area contributed by atoms with Crippen molar-refractivity contribution in [1.29, 1.82) is 0 Å². The maximum Gasteiger partial charge on any atom is 0.0400 e. The van der Waals surface area contributed by atoms with Gasteiger partial charge in [-0.3, -0.25) is 4.98 Å². The number of aryl methyl sites for hydroxylation is 1. The molecule has 0 bridgehead atoms. The third-order valence-electron chi connectivity index (χ3n) is 5.63. The normalized spacial score (nSPS) is 10.9. The average molecular weight is 401 g/mol. The van der Waals surface area contributed by atoms with Crippen LogP contribution >= 0.6 is 0 Å². The molecule has 0 atom stereocenters. The van der Waals surface area contributed by atoms with E-state index < -0.39 is 0 Å². The molecule has 0 unspecified atom stereocenters. The van der Waals surface area contributed by atoms with Gasteiger partial charge >= 0.3 is 0 Å². The molecular formula is C29H24N2. The van der Waals surface area contributed by atoms with Crippen molar-refractivity contribution in [2.24, 2.45) is 0 Å². The quantitative estimate of drug-likeness (QED) is 0.330. The zero-order valence-electron chi connectivity index (χ0n) is 17.5. The van der Waals surface area contributed by atoms with Crippen LogP contribution in [0.1, 0.15) is 11.3 Å². The highest BCUT2D eigenvalue weighted by Gasteiger charge is 2.03. The third kappa shape index (κ3) is 4.34. The van der Waals surface area contributed by atoms with E-state index in [4.69, 9.17) is 0 Å². The fourth-order valence-corrected chi connectivity index (χ4v) is 3.92. The first kappa shape index (κ1) is 19.1. The van der Waals surface area contributed by atoms with Gasteiger partial charge in [0.25, 0.3) is 0 Å². The molecule has 1 heterocycles. The molecule has 0 amide bonds. The number of pyridine rings is 1. The zero-order chi connectivity index (χ0) is 21.0. The predicted molar refractivity (Wildman–Crippen MR) is 131 cm³/mol. The molecule has 5 rings (SSSR count). The number of benzene rings is 4. The van der Waals surface area contributed by atoms with Crippen LogP contribution in [0.4, 0.5) is 5.69 Å². The lowest BCUT2D eigenvalue weighted by molar-refractivity contribution is 1.15. The molecule has 0 aliphatic rings. The van der Waals surface area contributed by atoms with Gasteiger partial charge in [0.15, 0.2) is 0 Å². The Kier molecular flexibility index (Phi) is 5.20.